The van der Waals surface area contributed by atoms with Crippen LogP contribution in [0.2, 0.25) is 5.02 Å². The highest BCUT2D eigenvalue weighted by molar-refractivity contribution is 7.16. The summed E-state index contributed by atoms with van der Waals surface area (Å²) < 4.78 is 12.9. The highest BCUT2D eigenvalue weighted by Gasteiger charge is 2.18. The number of ether oxygens (including phenoxy) is 1. The van der Waals surface area contributed by atoms with Gasteiger partial charge >= 0.3 is 11.6 Å². The number of hydrogen-bond acceptors (Lipinski definition) is 6. The van der Waals surface area contributed by atoms with Crippen molar-refractivity contribution in [3.8, 4) is 0 Å². The van der Waals surface area contributed by atoms with Crippen LogP contribution >= 0.6 is 22.9 Å². The largest absolute Gasteiger partial charge is 0.465 e. The van der Waals surface area contributed by atoms with Crippen LogP contribution in [0, 0.1) is 6.92 Å². The van der Waals surface area contributed by atoms with Crippen LogP contribution in [0.1, 0.15) is 22.8 Å². The van der Waals surface area contributed by atoms with Gasteiger partial charge < -0.3 is 13.7 Å². The molecule has 0 N–H and O–H groups in total. The van der Waals surface area contributed by atoms with Crippen LogP contribution in [0.25, 0.3) is 32.0 Å². The van der Waals surface area contributed by atoms with Gasteiger partial charge in [0.25, 0.3) is 5.91 Å². The third kappa shape index (κ3) is 4.15. The maximum atomic E-state index is 13.2. The number of carbonyl (C=O) groups excluding carboxylic acids is 2. The molecule has 0 saturated heterocycles. The number of benzene rings is 3. The summed E-state index contributed by atoms with van der Waals surface area (Å²) >= 11 is 7.53. The van der Waals surface area contributed by atoms with Crippen LogP contribution in [0.5, 0.6) is 0 Å². The van der Waals surface area contributed by atoms with Crippen molar-refractivity contribution in [1.29, 1.82) is 0 Å². The predicted octanol–water partition coefficient (Wildman–Crippen LogP) is 5.23. The van der Waals surface area contributed by atoms with Gasteiger partial charge in [-0.15, -0.1) is 0 Å². The minimum absolute atomic E-state index is 0.155. The minimum Gasteiger partial charge on any atom is -0.465 e. The molecule has 0 radical (unpaired) electrons. The van der Waals surface area contributed by atoms with Gasteiger partial charge in [0.05, 0.1) is 16.8 Å². The van der Waals surface area contributed by atoms with Gasteiger partial charge in [0.1, 0.15) is 17.7 Å². The first-order valence-electron chi connectivity index (χ1n) is 10.9. The van der Waals surface area contributed by atoms with Gasteiger partial charge in [-0.05, 0) is 54.4 Å². The number of fused-ring (bicyclic) bond motifs is 4. The molecule has 176 valence electrons. The summed E-state index contributed by atoms with van der Waals surface area (Å²) in [6.07, 6.45) is 0. The van der Waals surface area contributed by atoms with Crippen LogP contribution in [-0.2, 0) is 16.1 Å². The number of aromatic nitrogens is 1. The molecule has 5 rings (SSSR count). The fourth-order valence-corrected chi connectivity index (χ4v) is 5.29. The average Bonchev–Trinajstić information content (AvgIpc) is 3.18. The summed E-state index contributed by atoms with van der Waals surface area (Å²) in [4.78, 5) is 42.7. The van der Waals surface area contributed by atoms with E-state index in [1.807, 2.05) is 37.3 Å². The molecule has 0 spiro atoms. The van der Waals surface area contributed by atoms with Crippen LogP contribution in [-0.4, -0.2) is 23.1 Å². The third-order valence-corrected chi connectivity index (χ3v) is 7.15. The second kappa shape index (κ2) is 9.13. The number of carbonyl (C=O) groups is 2. The van der Waals surface area contributed by atoms with E-state index in [0.717, 1.165) is 21.0 Å². The lowest BCUT2D eigenvalue weighted by Gasteiger charge is -2.08. The Morgan fingerprint density at radius 3 is 2.71 bits per heavy atom. The molecule has 0 aliphatic heterocycles. The molecule has 0 atom stereocenters. The lowest BCUT2D eigenvalue weighted by molar-refractivity contribution is -0.143. The molecule has 0 saturated carbocycles. The zero-order valence-electron chi connectivity index (χ0n) is 18.8. The molecule has 0 bridgehead atoms. The van der Waals surface area contributed by atoms with E-state index in [1.54, 1.807) is 29.7 Å². The molecular formula is C26H19ClN2O5S. The smallest absolute Gasteiger partial charge is 0.349 e. The first kappa shape index (κ1) is 23.0. The molecule has 0 aliphatic carbocycles. The van der Waals surface area contributed by atoms with E-state index >= 15 is 0 Å². The average molecular weight is 507 g/mol. The van der Waals surface area contributed by atoms with Crippen LogP contribution < -0.4 is 10.4 Å². The van der Waals surface area contributed by atoms with Gasteiger partial charge in [0.15, 0.2) is 4.80 Å². The molecule has 5 aromatic rings. The number of halogens is 1. The molecule has 3 aromatic carbocycles. The van der Waals surface area contributed by atoms with Crippen LogP contribution in [0.15, 0.2) is 68.8 Å². The summed E-state index contributed by atoms with van der Waals surface area (Å²) in [7, 11) is 0. The van der Waals surface area contributed by atoms with Crippen molar-refractivity contribution < 1.29 is 18.7 Å². The van der Waals surface area contributed by atoms with E-state index in [-0.39, 0.29) is 23.5 Å². The summed E-state index contributed by atoms with van der Waals surface area (Å²) in [5, 5.41) is 2.97. The molecule has 1 amide bonds. The van der Waals surface area contributed by atoms with Crippen LogP contribution in [0.3, 0.4) is 0 Å². The number of thiazole rings is 1. The zero-order valence-corrected chi connectivity index (χ0v) is 20.4. The normalized spacial score (nSPS) is 12.0. The summed E-state index contributed by atoms with van der Waals surface area (Å²) in [6, 6.07) is 16.3. The molecule has 0 fully saturated rings. The highest BCUT2D eigenvalue weighted by atomic mass is 35.5. The molecule has 2 aromatic heterocycles. The van der Waals surface area contributed by atoms with Crippen molar-refractivity contribution in [2.75, 3.05) is 6.61 Å². The molecule has 0 unspecified atom stereocenters. The minimum atomic E-state index is -0.779. The summed E-state index contributed by atoms with van der Waals surface area (Å²) in [6.45, 7) is 3.61. The van der Waals surface area contributed by atoms with Gasteiger partial charge in [0.2, 0.25) is 0 Å². The number of hydrogen-bond donors (Lipinski definition) is 0. The Kier molecular flexibility index (Phi) is 6.00. The topological polar surface area (TPSA) is 90.9 Å². The second-order valence-corrected chi connectivity index (χ2v) is 9.27. The monoisotopic (exact) mass is 506 g/mol. The predicted molar refractivity (Wildman–Crippen MR) is 136 cm³/mol. The molecule has 35 heavy (non-hydrogen) atoms. The summed E-state index contributed by atoms with van der Waals surface area (Å²) in [5.74, 6) is -1.24. The molecule has 2 heterocycles. The number of rotatable bonds is 4. The van der Waals surface area contributed by atoms with Crippen LogP contribution in [0.4, 0.5) is 0 Å². The Bertz CT molecular complexity index is 1780. The van der Waals surface area contributed by atoms with Crippen molar-refractivity contribution in [3.63, 3.8) is 0 Å². The molecule has 9 heteroatoms. The van der Waals surface area contributed by atoms with Crippen molar-refractivity contribution in [1.82, 2.24) is 4.57 Å². The van der Waals surface area contributed by atoms with E-state index in [0.29, 0.717) is 21.5 Å². The SMILES string of the molecule is CCOC(=O)Cn1c(=NC(=O)c2cc3c(ccc4ccccc43)oc2=O)sc2ccc(Cl)c(C)c21. The molecular weight excluding hydrogens is 488 g/mol. The van der Waals surface area contributed by atoms with Gasteiger partial charge in [-0.1, -0.05) is 53.3 Å². The van der Waals surface area contributed by atoms with E-state index in [2.05, 4.69) is 4.99 Å². The van der Waals surface area contributed by atoms with Crippen molar-refractivity contribution >= 4 is 66.8 Å². The fraction of sp³-hybridized carbons (Fsp3) is 0.154. The summed E-state index contributed by atoms with van der Waals surface area (Å²) in [5.41, 5.74) is 0.839. The lowest BCUT2D eigenvalue weighted by Crippen LogP contribution is -2.24. The van der Waals surface area contributed by atoms with Gasteiger partial charge in [-0.25, -0.2) is 4.79 Å². The van der Waals surface area contributed by atoms with E-state index in [1.165, 1.54) is 17.4 Å². The van der Waals surface area contributed by atoms with Crippen molar-refractivity contribution in [2.24, 2.45) is 4.99 Å². The van der Waals surface area contributed by atoms with Gasteiger partial charge in [-0.2, -0.15) is 4.99 Å². The first-order chi connectivity index (χ1) is 16.9. The number of aryl methyl sites for hydroxylation is 1. The van der Waals surface area contributed by atoms with E-state index in [9.17, 15) is 14.4 Å². The highest BCUT2D eigenvalue weighted by Crippen LogP contribution is 2.28. The Balaban J connectivity index is 1.70. The Hall–Kier alpha value is -3.75. The maximum absolute atomic E-state index is 13.2. The third-order valence-electron chi connectivity index (χ3n) is 5.69. The number of amides is 1. The first-order valence-corrected chi connectivity index (χ1v) is 12.1. The fourth-order valence-electron chi connectivity index (χ4n) is 4.05. The van der Waals surface area contributed by atoms with E-state index in [4.69, 9.17) is 20.8 Å². The van der Waals surface area contributed by atoms with E-state index < -0.39 is 17.5 Å². The standard InChI is InChI=1S/C26H19ClN2O5S/c1-3-33-22(30)13-29-23-14(2)19(27)9-11-21(23)35-26(29)28-24(31)18-12-17-16-7-5-4-6-15(16)8-10-20(17)34-25(18)32/h4-12H,3,13H2,1-2H3. The lowest BCUT2D eigenvalue weighted by atomic mass is 10.0. The zero-order chi connectivity index (χ0) is 24.7. The maximum Gasteiger partial charge on any atom is 0.349 e. The van der Waals surface area contributed by atoms with Gasteiger partial charge in [0, 0.05) is 10.4 Å². The van der Waals surface area contributed by atoms with Crippen molar-refractivity contribution in [2.45, 2.75) is 20.4 Å². The van der Waals surface area contributed by atoms with Gasteiger partial charge in [-0.3, -0.25) is 9.59 Å². The second-order valence-electron chi connectivity index (χ2n) is 7.86. The number of esters is 1. The Morgan fingerprint density at radius 1 is 1.11 bits per heavy atom. The quantitative estimate of drug-likeness (QED) is 0.189. The molecule has 0 aliphatic rings. The number of nitrogens with zero attached hydrogens (tertiary/aromatic N) is 2. The Morgan fingerprint density at radius 2 is 1.91 bits per heavy atom. The Labute approximate surface area is 207 Å². The van der Waals surface area contributed by atoms with Crippen molar-refractivity contribution in [3.05, 3.63) is 86.0 Å². The molecule has 7 nitrogen and oxygen atoms in total.